The molecular weight excluding hydrogens is 316 g/mol. The standard InChI is InChI=1S/C12H19ClN4O3S/c1-3-5-15-12-10(13)7-9(8-16-12)21(19,20)17-6-4-11(18)14-2/h7-8,17H,3-6H2,1-2H3,(H,14,18)(H,15,16). The molecule has 1 aromatic heterocycles. The number of amides is 1. The molecule has 3 N–H and O–H groups in total. The highest BCUT2D eigenvalue weighted by atomic mass is 35.5. The minimum absolute atomic E-state index is 0.00939. The van der Waals surface area contributed by atoms with Gasteiger partial charge < -0.3 is 10.6 Å². The van der Waals surface area contributed by atoms with Crippen LogP contribution in [0.2, 0.25) is 5.02 Å². The summed E-state index contributed by atoms with van der Waals surface area (Å²) in [6.45, 7) is 2.70. The van der Waals surface area contributed by atoms with Gasteiger partial charge in [0.15, 0.2) is 0 Å². The minimum atomic E-state index is -3.73. The molecule has 0 atom stereocenters. The van der Waals surface area contributed by atoms with E-state index in [1.54, 1.807) is 0 Å². The average Bonchev–Trinajstić information content (AvgIpc) is 2.45. The van der Waals surface area contributed by atoms with E-state index < -0.39 is 10.0 Å². The summed E-state index contributed by atoms with van der Waals surface area (Å²) in [5, 5.41) is 5.64. The van der Waals surface area contributed by atoms with Crippen molar-refractivity contribution in [1.29, 1.82) is 0 Å². The van der Waals surface area contributed by atoms with Crippen molar-refractivity contribution in [3.8, 4) is 0 Å². The maximum atomic E-state index is 12.0. The summed E-state index contributed by atoms with van der Waals surface area (Å²) >= 11 is 6.00. The summed E-state index contributed by atoms with van der Waals surface area (Å²) in [6, 6.07) is 1.33. The molecule has 0 spiro atoms. The van der Waals surface area contributed by atoms with Gasteiger partial charge in [0, 0.05) is 32.8 Å². The largest absolute Gasteiger partial charge is 0.369 e. The lowest BCUT2D eigenvalue weighted by Gasteiger charge is -2.09. The highest BCUT2D eigenvalue weighted by Gasteiger charge is 2.16. The Kier molecular flexibility index (Phi) is 6.86. The second-order valence-corrected chi connectivity index (χ2v) is 6.42. The fourth-order valence-corrected chi connectivity index (χ4v) is 2.75. The third-order valence-electron chi connectivity index (χ3n) is 2.59. The zero-order chi connectivity index (χ0) is 15.9. The molecule has 0 aliphatic heterocycles. The third kappa shape index (κ3) is 5.49. The van der Waals surface area contributed by atoms with Crippen LogP contribution in [0.5, 0.6) is 0 Å². The van der Waals surface area contributed by atoms with E-state index in [2.05, 4.69) is 20.3 Å². The predicted octanol–water partition coefficient (Wildman–Crippen LogP) is 0.971. The van der Waals surface area contributed by atoms with Gasteiger partial charge in [0.25, 0.3) is 0 Å². The van der Waals surface area contributed by atoms with Gasteiger partial charge in [-0.2, -0.15) is 0 Å². The van der Waals surface area contributed by atoms with E-state index >= 15 is 0 Å². The van der Waals surface area contributed by atoms with Gasteiger partial charge in [-0.1, -0.05) is 18.5 Å². The first kappa shape index (κ1) is 17.7. The molecule has 118 valence electrons. The Hall–Kier alpha value is -1.38. The molecule has 0 radical (unpaired) electrons. The summed E-state index contributed by atoms with van der Waals surface area (Å²) in [6.07, 6.45) is 2.19. The number of sulfonamides is 1. The number of pyridine rings is 1. The average molecular weight is 335 g/mol. The highest BCUT2D eigenvalue weighted by molar-refractivity contribution is 7.89. The molecule has 0 aliphatic carbocycles. The van der Waals surface area contributed by atoms with Crippen LogP contribution < -0.4 is 15.4 Å². The van der Waals surface area contributed by atoms with Crippen molar-refractivity contribution in [3.05, 3.63) is 17.3 Å². The molecule has 0 unspecified atom stereocenters. The molecule has 9 heteroatoms. The Morgan fingerprint density at radius 3 is 2.67 bits per heavy atom. The SMILES string of the molecule is CCCNc1ncc(S(=O)(=O)NCCC(=O)NC)cc1Cl. The molecule has 0 fully saturated rings. The first-order valence-corrected chi connectivity index (χ1v) is 8.36. The van der Waals surface area contributed by atoms with E-state index in [-0.39, 0.29) is 28.8 Å². The third-order valence-corrected chi connectivity index (χ3v) is 4.31. The van der Waals surface area contributed by atoms with Crippen molar-refractivity contribution in [3.63, 3.8) is 0 Å². The fourth-order valence-electron chi connectivity index (χ4n) is 1.45. The van der Waals surface area contributed by atoms with Gasteiger partial charge in [0.2, 0.25) is 15.9 Å². The topological polar surface area (TPSA) is 100 Å². The number of carbonyl (C=O) groups is 1. The molecule has 1 heterocycles. The molecule has 21 heavy (non-hydrogen) atoms. The van der Waals surface area contributed by atoms with Crippen molar-refractivity contribution in [2.45, 2.75) is 24.7 Å². The van der Waals surface area contributed by atoms with E-state index in [0.717, 1.165) is 6.42 Å². The Bertz CT molecular complexity index is 592. The Morgan fingerprint density at radius 1 is 1.38 bits per heavy atom. The van der Waals surface area contributed by atoms with Gasteiger partial charge in [0.05, 0.1) is 5.02 Å². The molecule has 0 saturated carbocycles. The number of aromatic nitrogens is 1. The maximum Gasteiger partial charge on any atom is 0.242 e. The Labute approximate surface area is 129 Å². The van der Waals surface area contributed by atoms with Gasteiger partial charge in [-0.05, 0) is 12.5 Å². The quantitative estimate of drug-likeness (QED) is 0.657. The maximum absolute atomic E-state index is 12.0. The molecule has 1 rings (SSSR count). The first-order chi connectivity index (χ1) is 9.90. The molecule has 7 nitrogen and oxygen atoms in total. The summed E-state index contributed by atoms with van der Waals surface area (Å²) in [4.78, 5) is 15.0. The zero-order valence-electron chi connectivity index (χ0n) is 11.9. The Balaban J connectivity index is 2.75. The van der Waals surface area contributed by atoms with Crippen LogP contribution in [0.4, 0.5) is 5.82 Å². The summed E-state index contributed by atoms with van der Waals surface area (Å²) in [5.74, 6) is 0.204. The van der Waals surface area contributed by atoms with Crippen LogP contribution in [0.3, 0.4) is 0 Å². The molecular formula is C12H19ClN4O3S. The van der Waals surface area contributed by atoms with Crippen molar-refractivity contribution < 1.29 is 13.2 Å². The second-order valence-electron chi connectivity index (χ2n) is 4.25. The van der Waals surface area contributed by atoms with E-state index in [0.29, 0.717) is 12.4 Å². The number of nitrogens with zero attached hydrogens (tertiary/aromatic N) is 1. The highest BCUT2D eigenvalue weighted by Crippen LogP contribution is 2.22. The van der Waals surface area contributed by atoms with Gasteiger partial charge >= 0.3 is 0 Å². The van der Waals surface area contributed by atoms with E-state index in [4.69, 9.17) is 11.6 Å². The van der Waals surface area contributed by atoms with Crippen molar-refractivity contribution in [2.75, 3.05) is 25.5 Å². The minimum Gasteiger partial charge on any atom is -0.369 e. The number of carbonyl (C=O) groups excluding carboxylic acids is 1. The number of hydrogen-bond donors (Lipinski definition) is 3. The zero-order valence-corrected chi connectivity index (χ0v) is 13.5. The number of halogens is 1. The summed E-state index contributed by atoms with van der Waals surface area (Å²) in [7, 11) is -2.24. The van der Waals surface area contributed by atoms with Crippen LogP contribution in [-0.2, 0) is 14.8 Å². The number of hydrogen-bond acceptors (Lipinski definition) is 5. The monoisotopic (exact) mass is 334 g/mol. The summed E-state index contributed by atoms with van der Waals surface area (Å²) in [5.41, 5.74) is 0. The van der Waals surface area contributed by atoms with Gasteiger partial charge in [-0.25, -0.2) is 18.1 Å². The number of anilines is 1. The van der Waals surface area contributed by atoms with Crippen molar-refractivity contribution >= 4 is 33.3 Å². The molecule has 0 aromatic carbocycles. The molecule has 0 aliphatic rings. The smallest absolute Gasteiger partial charge is 0.242 e. The van der Waals surface area contributed by atoms with Crippen LogP contribution in [0, 0.1) is 0 Å². The van der Waals surface area contributed by atoms with Crippen LogP contribution in [0.1, 0.15) is 19.8 Å². The van der Waals surface area contributed by atoms with Crippen molar-refractivity contribution in [1.82, 2.24) is 15.0 Å². The van der Waals surface area contributed by atoms with E-state index in [1.807, 2.05) is 6.92 Å². The Morgan fingerprint density at radius 2 is 2.10 bits per heavy atom. The molecule has 0 bridgehead atoms. The predicted molar refractivity (Wildman–Crippen MR) is 81.9 cm³/mol. The van der Waals surface area contributed by atoms with Crippen LogP contribution in [0.15, 0.2) is 17.2 Å². The number of nitrogens with one attached hydrogen (secondary N) is 3. The van der Waals surface area contributed by atoms with E-state index in [9.17, 15) is 13.2 Å². The lowest BCUT2D eigenvalue weighted by Crippen LogP contribution is -2.29. The van der Waals surface area contributed by atoms with Gasteiger partial charge in [0.1, 0.15) is 10.7 Å². The normalized spacial score (nSPS) is 11.2. The first-order valence-electron chi connectivity index (χ1n) is 6.50. The number of rotatable bonds is 8. The molecule has 0 saturated heterocycles. The lowest BCUT2D eigenvalue weighted by atomic mass is 10.4. The second kappa shape index (κ2) is 8.16. The van der Waals surface area contributed by atoms with Crippen LogP contribution in [-0.4, -0.2) is 39.4 Å². The van der Waals surface area contributed by atoms with Gasteiger partial charge in [-0.15, -0.1) is 0 Å². The van der Waals surface area contributed by atoms with Crippen molar-refractivity contribution in [2.24, 2.45) is 0 Å². The molecule has 1 amide bonds. The van der Waals surface area contributed by atoms with E-state index in [1.165, 1.54) is 19.3 Å². The van der Waals surface area contributed by atoms with Gasteiger partial charge in [-0.3, -0.25) is 4.79 Å². The van der Waals surface area contributed by atoms with Crippen LogP contribution >= 0.6 is 11.6 Å². The fraction of sp³-hybridized carbons (Fsp3) is 0.500. The summed E-state index contributed by atoms with van der Waals surface area (Å²) < 4.78 is 26.4. The van der Waals surface area contributed by atoms with Crippen LogP contribution in [0.25, 0.3) is 0 Å². The lowest BCUT2D eigenvalue weighted by molar-refractivity contribution is -0.120. The molecule has 1 aromatic rings.